The number of ether oxygens (including phenoxy) is 1. The smallest absolute Gasteiger partial charge is 0.232 e. The van der Waals surface area contributed by atoms with Gasteiger partial charge >= 0.3 is 0 Å². The van der Waals surface area contributed by atoms with Gasteiger partial charge in [0.25, 0.3) is 0 Å². The Hall–Kier alpha value is -0.903. The molecule has 1 aromatic carbocycles. The summed E-state index contributed by atoms with van der Waals surface area (Å²) in [6.07, 6.45) is 0. The van der Waals surface area contributed by atoms with E-state index in [2.05, 4.69) is 37.8 Å². The fourth-order valence-electron chi connectivity index (χ4n) is 1.31. The number of hydrogen-bond donors (Lipinski definition) is 0. The number of rotatable bonds is 6. The molecule has 0 heterocycles. The highest BCUT2D eigenvalue weighted by Crippen LogP contribution is 1.97. The van der Waals surface area contributed by atoms with Crippen molar-refractivity contribution in [3.05, 3.63) is 42.1 Å². The summed E-state index contributed by atoms with van der Waals surface area (Å²) < 4.78 is 10.7. The molecule has 0 aliphatic heterocycles. The SMILES string of the molecule is C=C[SiH](OCCOC)c1ccc(C)cc1. The summed E-state index contributed by atoms with van der Waals surface area (Å²) in [4.78, 5) is 0. The monoisotopic (exact) mass is 222 g/mol. The van der Waals surface area contributed by atoms with Gasteiger partial charge in [-0.25, -0.2) is 0 Å². The number of aryl methyl sites for hydroxylation is 1. The van der Waals surface area contributed by atoms with Gasteiger partial charge in [0, 0.05) is 7.11 Å². The number of benzene rings is 1. The molecule has 0 aliphatic rings. The van der Waals surface area contributed by atoms with Gasteiger partial charge in [-0.2, -0.15) is 0 Å². The first kappa shape index (κ1) is 12.2. The molecule has 0 radical (unpaired) electrons. The molecule has 0 saturated heterocycles. The molecule has 0 fully saturated rings. The molecule has 1 unspecified atom stereocenters. The van der Waals surface area contributed by atoms with E-state index in [-0.39, 0.29) is 0 Å². The van der Waals surface area contributed by atoms with Crippen LogP contribution in [0.5, 0.6) is 0 Å². The minimum absolute atomic E-state index is 0.642. The molecule has 1 rings (SSSR count). The van der Waals surface area contributed by atoms with Crippen LogP contribution in [0.4, 0.5) is 0 Å². The van der Waals surface area contributed by atoms with Crippen LogP contribution < -0.4 is 5.19 Å². The second kappa shape index (κ2) is 6.56. The van der Waals surface area contributed by atoms with Gasteiger partial charge in [-0.15, -0.1) is 6.58 Å². The number of methoxy groups -OCH3 is 1. The van der Waals surface area contributed by atoms with Crippen LogP contribution in [0, 0.1) is 6.92 Å². The second-order valence-electron chi connectivity index (χ2n) is 3.43. The zero-order chi connectivity index (χ0) is 11.1. The summed E-state index contributed by atoms with van der Waals surface area (Å²) in [5.74, 6) is 0. The normalized spacial score (nSPS) is 12.4. The van der Waals surface area contributed by atoms with Crippen molar-refractivity contribution in [2.75, 3.05) is 20.3 Å². The highest BCUT2D eigenvalue weighted by Gasteiger charge is 2.09. The molecule has 0 amide bonds. The molecule has 1 atom stereocenters. The predicted molar refractivity (Wildman–Crippen MR) is 66.0 cm³/mol. The van der Waals surface area contributed by atoms with Crippen LogP contribution in [0.1, 0.15) is 5.56 Å². The van der Waals surface area contributed by atoms with Gasteiger partial charge in [0.1, 0.15) is 0 Å². The quantitative estimate of drug-likeness (QED) is 0.534. The Kier molecular flexibility index (Phi) is 5.32. The first-order chi connectivity index (χ1) is 7.27. The summed E-state index contributed by atoms with van der Waals surface area (Å²) in [6.45, 7) is 7.21. The summed E-state index contributed by atoms with van der Waals surface area (Å²) in [5.41, 5.74) is 3.22. The molecule has 2 nitrogen and oxygen atoms in total. The lowest BCUT2D eigenvalue weighted by molar-refractivity contribution is 0.148. The van der Waals surface area contributed by atoms with E-state index in [1.165, 1.54) is 10.8 Å². The molecule has 1 aromatic rings. The van der Waals surface area contributed by atoms with Gasteiger partial charge in [-0.1, -0.05) is 35.5 Å². The fraction of sp³-hybridized carbons (Fsp3) is 0.333. The van der Waals surface area contributed by atoms with E-state index >= 15 is 0 Å². The first-order valence-electron chi connectivity index (χ1n) is 5.07. The Morgan fingerprint density at radius 2 is 1.93 bits per heavy atom. The minimum atomic E-state index is -1.44. The van der Waals surface area contributed by atoms with Gasteiger partial charge in [0.05, 0.1) is 13.2 Å². The van der Waals surface area contributed by atoms with E-state index in [9.17, 15) is 0 Å². The predicted octanol–water partition coefficient (Wildman–Crippen LogP) is 1.31. The van der Waals surface area contributed by atoms with Crippen LogP contribution in [0.15, 0.2) is 36.5 Å². The fourth-order valence-corrected chi connectivity index (χ4v) is 2.84. The van der Waals surface area contributed by atoms with Crippen molar-refractivity contribution in [1.29, 1.82) is 0 Å². The Bertz CT molecular complexity index is 295. The third kappa shape index (κ3) is 3.99. The lowest BCUT2D eigenvalue weighted by Crippen LogP contribution is -2.32. The standard InChI is InChI=1S/C12H18O2Si/c1-4-15(14-10-9-13-3)12-7-5-11(2)6-8-12/h4-8,15H,1,9-10H2,2-3H3. The number of hydrogen-bond acceptors (Lipinski definition) is 2. The lowest BCUT2D eigenvalue weighted by Gasteiger charge is -2.12. The third-order valence-corrected chi connectivity index (χ3v) is 4.27. The van der Waals surface area contributed by atoms with E-state index in [4.69, 9.17) is 9.16 Å². The zero-order valence-electron chi connectivity index (χ0n) is 9.40. The van der Waals surface area contributed by atoms with Crippen molar-refractivity contribution in [3.8, 4) is 0 Å². The van der Waals surface area contributed by atoms with E-state index in [0.29, 0.717) is 13.2 Å². The van der Waals surface area contributed by atoms with Crippen molar-refractivity contribution < 1.29 is 9.16 Å². The van der Waals surface area contributed by atoms with Crippen molar-refractivity contribution >= 4 is 14.2 Å². The average molecular weight is 222 g/mol. The maximum Gasteiger partial charge on any atom is 0.232 e. The topological polar surface area (TPSA) is 18.5 Å². The molecule has 15 heavy (non-hydrogen) atoms. The van der Waals surface area contributed by atoms with Gasteiger partial charge in [-0.05, 0) is 12.1 Å². The van der Waals surface area contributed by atoms with Crippen LogP contribution in [0.25, 0.3) is 0 Å². The van der Waals surface area contributed by atoms with E-state index < -0.39 is 9.04 Å². The van der Waals surface area contributed by atoms with Crippen LogP contribution in [-0.4, -0.2) is 29.4 Å². The average Bonchev–Trinajstić information content (AvgIpc) is 2.26. The Morgan fingerprint density at radius 1 is 1.27 bits per heavy atom. The zero-order valence-corrected chi connectivity index (χ0v) is 10.6. The molecule has 0 aromatic heterocycles. The van der Waals surface area contributed by atoms with E-state index in [1.54, 1.807) is 7.11 Å². The molecule has 0 spiro atoms. The maximum atomic E-state index is 5.75. The summed E-state index contributed by atoms with van der Waals surface area (Å²) in [6, 6.07) is 8.47. The van der Waals surface area contributed by atoms with Gasteiger partial charge in [0.2, 0.25) is 9.04 Å². The second-order valence-corrected chi connectivity index (χ2v) is 5.74. The Morgan fingerprint density at radius 3 is 2.47 bits per heavy atom. The van der Waals surface area contributed by atoms with Crippen LogP contribution in [-0.2, 0) is 9.16 Å². The molecular weight excluding hydrogens is 204 g/mol. The van der Waals surface area contributed by atoms with Crippen molar-refractivity contribution in [2.45, 2.75) is 6.92 Å². The van der Waals surface area contributed by atoms with Crippen molar-refractivity contribution in [3.63, 3.8) is 0 Å². The Balaban J connectivity index is 2.57. The summed E-state index contributed by atoms with van der Waals surface area (Å²) in [7, 11) is 0.241. The molecular formula is C12H18O2Si. The molecule has 0 bridgehead atoms. The highest BCUT2D eigenvalue weighted by atomic mass is 28.3. The molecule has 3 heteroatoms. The minimum Gasteiger partial charge on any atom is -0.409 e. The third-order valence-electron chi connectivity index (χ3n) is 2.20. The Labute approximate surface area is 93.3 Å². The van der Waals surface area contributed by atoms with Crippen LogP contribution in [0.3, 0.4) is 0 Å². The first-order valence-corrected chi connectivity index (χ1v) is 6.79. The van der Waals surface area contributed by atoms with Gasteiger partial charge in [0.15, 0.2) is 0 Å². The molecule has 0 saturated carbocycles. The van der Waals surface area contributed by atoms with Crippen molar-refractivity contribution in [2.24, 2.45) is 0 Å². The van der Waals surface area contributed by atoms with Gasteiger partial charge < -0.3 is 9.16 Å². The van der Waals surface area contributed by atoms with Crippen LogP contribution in [0.2, 0.25) is 0 Å². The van der Waals surface area contributed by atoms with Crippen LogP contribution >= 0.6 is 0 Å². The lowest BCUT2D eigenvalue weighted by atomic mass is 10.2. The summed E-state index contributed by atoms with van der Waals surface area (Å²) in [5, 5.41) is 1.27. The molecule has 0 N–H and O–H groups in total. The van der Waals surface area contributed by atoms with Crippen molar-refractivity contribution in [1.82, 2.24) is 0 Å². The van der Waals surface area contributed by atoms with Gasteiger partial charge in [-0.3, -0.25) is 0 Å². The molecule has 0 aliphatic carbocycles. The van der Waals surface area contributed by atoms with E-state index in [0.717, 1.165) is 0 Å². The summed E-state index contributed by atoms with van der Waals surface area (Å²) >= 11 is 0. The molecule has 82 valence electrons. The maximum absolute atomic E-state index is 5.75. The largest absolute Gasteiger partial charge is 0.409 e. The highest BCUT2D eigenvalue weighted by molar-refractivity contribution is 6.72. The van der Waals surface area contributed by atoms with E-state index in [1.807, 2.05) is 5.70 Å².